The molecule has 1 aromatic heterocycles. The summed E-state index contributed by atoms with van der Waals surface area (Å²) in [6.07, 6.45) is 4.60. The maximum Gasteiger partial charge on any atom is 0.161 e. The molecule has 0 aliphatic carbocycles. The largest absolute Gasteiger partial charge is 0.486 e. The van der Waals surface area contributed by atoms with E-state index in [4.69, 9.17) is 19.2 Å². The summed E-state index contributed by atoms with van der Waals surface area (Å²) in [4.78, 5) is 7.54. The third kappa shape index (κ3) is 3.68. The van der Waals surface area contributed by atoms with Crippen LogP contribution in [0.4, 0.5) is 0 Å². The summed E-state index contributed by atoms with van der Waals surface area (Å²) < 4.78 is 19.9. The van der Waals surface area contributed by atoms with E-state index in [0.717, 1.165) is 74.8 Å². The number of aromatic nitrogens is 2. The molecule has 6 rings (SSSR count). The highest BCUT2D eigenvalue weighted by Gasteiger charge is 2.30. The van der Waals surface area contributed by atoms with Crippen molar-refractivity contribution in [2.24, 2.45) is 0 Å². The van der Waals surface area contributed by atoms with E-state index in [1.54, 1.807) is 0 Å². The molecule has 1 unspecified atom stereocenters. The Labute approximate surface area is 182 Å². The molecule has 2 saturated heterocycles. The second-order valence-corrected chi connectivity index (χ2v) is 8.82. The van der Waals surface area contributed by atoms with E-state index in [1.165, 1.54) is 11.1 Å². The Morgan fingerprint density at radius 2 is 1.74 bits per heavy atom. The zero-order valence-corrected chi connectivity index (χ0v) is 17.8. The highest BCUT2D eigenvalue weighted by Crippen LogP contribution is 2.36. The van der Waals surface area contributed by atoms with Crippen LogP contribution in [0.2, 0.25) is 0 Å². The fourth-order valence-corrected chi connectivity index (χ4v) is 5.24. The highest BCUT2D eigenvalue weighted by atomic mass is 16.6. The van der Waals surface area contributed by atoms with Gasteiger partial charge >= 0.3 is 0 Å². The summed E-state index contributed by atoms with van der Waals surface area (Å²) in [6, 6.07) is 15.4. The number of imidazole rings is 1. The number of fused-ring (bicyclic) bond motifs is 2. The van der Waals surface area contributed by atoms with Crippen LogP contribution in [-0.2, 0) is 11.3 Å². The van der Waals surface area contributed by atoms with Gasteiger partial charge in [0.05, 0.1) is 11.0 Å². The Hall–Kier alpha value is -2.57. The molecule has 3 aromatic rings. The molecule has 3 aliphatic heterocycles. The first-order chi connectivity index (χ1) is 15.3. The molecule has 0 radical (unpaired) electrons. The van der Waals surface area contributed by atoms with Gasteiger partial charge in [0, 0.05) is 32.3 Å². The number of piperidine rings is 1. The molecule has 0 saturated carbocycles. The van der Waals surface area contributed by atoms with Crippen LogP contribution in [0.25, 0.3) is 11.0 Å². The number of rotatable bonds is 4. The topological polar surface area (TPSA) is 48.8 Å². The van der Waals surface area contributed by atoms with Crippen LogP contribution < -0.4 is 9.47 Å². The minimum Gasteiger partial charge on any atom is -0.486 e. The first-order valence-electron chi connectivity index (χ1n) is 11.5. The maximum atomic E-state index is 6.03. The lowest BCUT2D eigenvalue weighted by Crippen LogP contribution is -2.34. The van der Waals surface area contributed by atoms with Gasteiger partial charge < -0.3 is 18.8 Å². The normalized spacial score (nSPS) is 22.3. The average Bonchev–Trinajstić information content (AvgIpc) is 3.48. The first kappa shape index (κ1) is 19.1. The van der Waals surface area contributed by atoms with E-state index < -0.39 is 0 Å². The van der Waals surface area contributed by atoms with E-state index in [1.807, 2.05) is 6.07 Å². The minimum absolute atomic E-state index is 0.142. The molecule has 2 aromatic carbocycles. The van der Waals surface area contributed by atoms with Gasteiger partial charge in [-0.3, -0.25) is 4.90 Å². The van der Waals surface area contributed by atoms with Gasteiger partial charge in [-0.2, -0.15) is 0 Å². The molecule has 6 heteroatoms. The van der Waals surface area contributed by atoms with Crippen molar-refractivity contribution in [3.05, 3.63) is 53.9 Å². The van der Waals surface area contributed by atoms with E-state index in [9.17, 15) is 0 Å². The molecule has 6 nitrogen and oxygen atoms in total. The van der Waals surface area contributed by atoms with Crippen LogP contribution in [0, 0.1) is 0 Å². The zero-order valence-electron chi connectivity index (χ0n) is 17.8. The molecule has 4 heterocycles. The molecular formula is C25H29N3O3. The molecule has 0 amide bonds. The summed E-state index contributed by atoms with van der Waals surface area (Å²) >= 11 is 0. The lowest BCUT2D eigenvalue weighted by Gasteiger charge is -2.34. The lowest BCUT2D eigenvalue weighted by atomic mass is 10.0. The molecule has 1 atom stereocenters. The molecule has 3 aliphatic rings. The fraction of sp³-hybridized carbons (Fsp3) is 0.480. The van der Waals surface area contributed by atoms with E-state index >= 15 is 0 Å². The Balaban J connectivity index is 1.18. The zero-order chi connectivity index (χ0) is 20.6. The molecule has 0 bridgehead atoms. The van der Waals surface area contributed by atoms with E-state index in [0.29, 0.717) is 19.3 Å². The highest BCUT2D eigenvalue weighted by molar-refractivity contribution is 5.76. The van der Waals surface area contributed by atoms with Crippen LogP contribution in [0.3, 0.4) is 0 Å². The number of hydrogen-bond acceptors (Lipinski definition) is 5. The third-order valence-electron chi connectivity index (χ3n) is 6.78. The minimum atomic E-state index is 0.142. The molecule has 162 valence electrons. The number of hydrogen-bond donors (Lipinski definition) is 0. The Morgan fingerprint density at radius 1 is 0.903 bits per heavy atom. The van der Waals surface area contributed by atoms with Crippen LogP contribution >= 0.6 is 0 Å². The van der Waals surface area contributed by atoms with Crippen LogP contribution in [-0.4, -0.2) is 47.4 Å². The summed E-state index contributed by atoms with van der Waals surface area (Å²) in [5, 5.41) is 0. The van der Waals surface area contributed by atoms with Gasteiger partial charge in [-0.05, 0) is 55.5 Å². The van der Waals surface area contributed by atoms with Crippen molar-refractivity contribution < 1.29 is 14.2 Å². The predicted octanol–water partition coefficient (Wildman–Crippen LogP) is 4.50. The fourth-order valence-electron chi connectivity index (χ4n) is 5.24. The van der Waals surface area contributed by atoms with E-state index in [-0.39, 0.29) is 6.10 Å². The molecular weight excluding hydrogens is 390 g/mol. The van der Waals surface area contributed by atoms with Crippen LogP contribution in [0.1, 0.15) is 49.2 Å². The lowest BCUT2D eigenvalue weighted by molar-refractivity contribution is 0.0971. The summed E-state index contributed by atoms with van der Waals surface area (Å²) in [7, 11) is 0. The van der Waals surface area contributed by atoms with Crippen molar-refractivity contribution in [2.45, 2.75) is 44.4 Å². The third-order valence-corrected chi connectivity index (χ3v) is 6.78. The van der Waals surface area contributed by atoms with Gasteiger partial charge in [0.25, 0.3) is 0 Å². The number of ether oxygens (including phenoxy) is 3. The monoisotopic (exact) mass is 419 g/mol. The Bertz CT molecular complexity index is 1070. The predicted molar refractivity (Wildman–Crippen MR) is 119 cm³/mol. The summed E-state index contributed by atoms with van der Waals surface area (Å²) in [6.45, 7) is 5.23. The number of benzene rings is 2. The standard InChI is InChI=1S/C25H29N3O3/c1-2-5-21-20(4-1)26-25(23-6-3-13-29-23)28(21)19-9-11-27(12-10-19)17-18-7-8-22-24(16-18)31-15-14-30-22/h1-2,4-5,7-8,16,19,23H,3,6,9-15,17H2. The van der Waals surface area contributed by atoms with Crippen molar-refractivity contribution in [1.29, 1.82) is 0 Å². The van der Waals surface area contributed by atoms with Crippen molar-refractivity contribution >= 4 is 11.0 Å². The van der Waals surface area contributed by atoms with Crippen molar-refractivity contribution in [3.63, 3.8) is 0 Å². The van der Waals surface area contributed by atoms with Crippen LogP contribution in [0.5, 0.6) is 11.5 Å². The number of para-hydroxylation sites is 2. The molecule has 31 heavy (non-hydrogen) atoms. The second kappa shape index (κ2) is 8.17. The van der Waals surface area contributed by atoms with Crippen molar-refractivity contribution in [2.75, 3.05) is 32.9 Å². The Morgan fingerprint density at radius 3 is 2.58 bits per heavy atom. The van der Waals surface area contributed by atoms with Gasteiger partial charge in [-0.1, -0.05) is 18.2 Å². The van der Waals surface area contributed by atoms with Gasteiger partial charge in [-0.25, -0.2) is 4.98 Å². The van der Waals surface area contributed by atoms with Gasteiger partial charge in [0.2, 0.25) is 0 Å². The smallest absolute Gasteiger partial charge is 0.161 e. The SMILES string of the molecule is c1ccc2c(c1)nc(C1CCCO1)n2C1CCN(Cc2ccc3c(c2)OCCO3)CC1. The van der Waals surface area contributed by atoms with Gasteiger partial charge in [-0.15, -0.1) is 0 Å². The number of nitrogens with zero attached hydrogens (tertiary/aromatic N) is 3. The van der Waals surface area contributed by atoms with E-state index in [2.05, 4.69) is 45.9 Å². The maximum absolute atomic E-state index is 6.03. The summed E-state index contributed by atoms with van der Waals surface area (Å²) in [5.41, 5.74) is 3.63. The molecule has 2 fully saturated rings. The van der Waals surface area contributed by atoms with Crippen molar-refractivity contribution in [3.8, 4) is 11.5 Å². The second-order valence-electron chi connectivity index (χ2n) is 8.82. The van der Waals surface area contributed by atoms with Gasteiger partial charge in [0.15, 0.2) is 11.5 Å². The molecule has 0 N–H and O–H groups in total. The first-order valence-corrected chi connectivity index (χ1v) is 11.5. The average molecular weight is 420 g/mol. The van der Waals surface area contributed by atoms with Crippen molar-refractivity contribution in [1.82, 2.24) is 14.5 Å². The summed E-state index contributed by atoms with van der Waals surface area (Å²) in [5.74, 6) is 2.87. The van der Waals surface area contributed by atoms with Crippen LogP contribution in [0.15, 0.2) is 42.5 Å². The molecule has 0 spiro atoms. The number of likely N-dealkylation sites (tertiary alicyclic amines) is 1. The Kier molecular flexibility index (Phi) is 5.04. The quantitative estimate of drug-likeness (QED) is 0.623. The van der Waals surface area contributed by atoms with Gasteiger partial charge in [0.1, 0.15) is 25.1 Å².